The second-order valence-electron chi connectivity index (χ2n) is 7.02. The van der Waals surface area contributed by atoms with E-state index in [2.05, 4.69) is 10.1 Å². The Kier molecular flexibility index (Phi) is 5.70. The first kappa shape index (κ1) is 20.8. The van der Waals surface area contributed by atoms with Gasteiger partial charge >= 0.3 is 0 Å². The van der Waals surface area contributed by atoms with E-state index in [9.17, 15) is 9.90 Å². The summed E-state index contributed by atoms with van der Waals surface area (Å²) < 4.78 is 0.999. The van der Waals surface area contributed by atoms with Gasteiger partial charge in [0.15, 0.2) is 0 Å². The molecule has 5 rings (SSSR count). The minimum Gasteiger partial charge on any atom is -0.508 e. The standard InChI is InChI=1S/C24H16ClN3O2S2/c25-16-7-11-18(12-8-16)31-14-21-19(13-15-5-9-17(29)10-6-15)23(30)28(27-21)24-26-20-3-1-2-4-22(20)32-24/h1-13,29H,14H2/b19-13-. The molecule has 1 aliphatic rings. The number of phenolic OH excluding ortho intramolecular Hbond substituents is 1. The van der Waals surface area contributed by atoms with Gasteiger partial charge in [0.1, 0.15) is 5.75 Å². The van der Waals surface area contributed by atoms with Gasteiger partial charge in [-0.05, 0) is 60.2 Å². The molecule has 5 nitrogen and oxygen atoms in total. The van der Waals surface area contributed by atoms with Crippen molar-refractivity contribution < 1.29 is 9.90 Å². The summed E-state index contributed by atoms with van der Waals surface area (Å²) in [4.78, 5) is 19.0. The van der Waals surface area contributed by atoms with Crippen molar-refractivity contribution in [3.8, 4) is 5.75 Å². The molecule has 0 radical (unpaired) electrons. The fourth-order valence-corrected chi connectivity index (χ4v) is 5.10. The number of hydrazone groups is 1. The summed E-state index contributed by atoms with van der Waals surface area (Å²) in [5.74, 6) is 0.468. The average Bonchev–Trinajstić information content (AvgIpc) is 3.36. The lowest BCUT2D eigenvalue weighted by atomic mass is 10.1. The number of hydrogen-bond acceptors (Lipinski definition) is 6. The molecule has 0 saturated heterocycles. The molecule has 0 fully saturated rings. The molecule has 158 valence electrons. The predicted molar refractivity (Wildman–Crippen MR) is 133 cm³/mol. The van der Waals surface area contributed by atoms with E-state index in [0.29, 0.717) is 27.2 Å². The van der Waals surface area contributed by atoms with Gasteiger partial charge in [0, 0.05) is 15.7 Å². The summed E-state index contributed by atoms with van der Waals surface area (Å²) >= 11 is 9.00. The molecule has 1 amide bonds. The van der Waals surface area contributed by atoms with E-state index in [1.807, 2.05) is 48.5 Å². The summed E-state index contributed by atoms with van der Waals surface area (Å²) in [7, 11) is 0. The molecule has 4 aromatic rings. The zero-order chi connectivity index (χ0) is 22.1. The molecule has 0 bridgehead atoms. The molecule has 1 aliphatic heterocycles. The minimum atomic E-state index is -0.219. The summed E-state index contributed by atoms with van der Waals surface area (Å²) in [6.07, 6.45) is 1.80. The van der Waals surface area contributed by atoms with Gasteiger partial charge in [0.05, 0.1) is 21.5 Å². The molecule has 0 saturated carbocycles. The van der Waals surface area contributed by atoms with E-state index < -0.39 is 0 Å². The number of carbonyl (C=O) groups is 1. The van der Waals surface area contributed by atoms with Crippen molar-refractivity contribution in [3.05, 3.63) is 89.0 Å². The van der Waals surface area contributed by atoms with E-state index in [4.69, 9.17) is 11.6 Å². The van der Waals surface area contributed by atoms with Crippen LogP contribution in [0.5, 0.6) is 5.75 Å². The number of nitrogens with zero attached hydrogens (tertiary/aromatic N) is 3. The topological polar surface area (TPSA) is 65.8 Å². The monoisotopic (exact) mass is 477 g/mol. The minimum absolute atomic E-state index is 0.174. The van der Waals surface area contributed by atoms with Crippen LogP contribution in [0.1, 0.15) is 5.56 Å². The van der Waals surface area contributed by atoms with Crippen LogP contribution in [0, 0.1) is 0 Å². The third kappa shape index (κ3) is 4.27. The van der Waals surface area contributed by atoms with Gasteiger partial charge in [0.25, 0.3) is 5.91 Å². The van der Waals surface area contributed by atoms with E-state index >= 15 is 0 Å². The van der Waals surface area contributed by atoms with E-state index in [-0.39, 0.29) is 11.7 Å². The SMILES string of the molecule is O=C1/C(=C\c2ccc(O)cc2)C(CSc2ccc(Cl)cc2)=NN1c1nc2ccccc2s1. The molecule has 2 heterocycles. The highest BCUT2D eigenvalue weighted by atomic mass is 35.5. The van der Waals surface area contributed by atoms with Crippen molar-refractivity contribution in [2.45, 2.75) is 4.90 Å². The zero-order valence-electron chi connectivity index (χ0n) is 16.6. The molecule has 0 atom stereocenters. The fourth-order valence-electron chi connectivity index (χ4n) is 3.21. The smallest absolute Gasteiger partial charge is 0.282 e. The van der Waals surface area contributed by atoms with Crippen molar-refractivity contribution in [1.82, 2.24) is 4.98 Å². The van der Waals surface area contributed by atoms with Crippen LogP contribution < -0.4 is 5.01 Å². The Morgan fingerprint density at radius 1 is 1.03 bits per heavy atom. The van der Waals surface area contributed by atoms with E-state index in [1.54, 1.807) is 42.1 Å². The third-order valence-corrected chi connectivity index (χ3v) is 7.10. The van der Waals surface area contributed by atoms with E-state index in [0.717, 1.165) is 20.7 Å². The summed E-state index contributed by atoms with van der Waals surface area (Å²) in [6, 6.07) is 22.0. The third-order valence-electron chi connectivity index (χ3n) is 4.81. The maximum Gasteiger partial charge on any atom is 0.282 e. The number of rotatable bonds is 5. The Bertz CT molecular complexity index is 1330. The van der Waals surface area contributed by atoms with Gasteiger partial charge < -0.3 is 5.11 Å². The Balaban J connectivity index is 1.49. The number of carbonyl (C=O) groups excluding carboxylic acids is 1. The number of benzene rings is 3. The number of aromatic hydroxyl groups is 1. The van der Waals surface area contributed by atoms with Crippen LogP contribution in [0.4, 0.5) is 5.13 Å². The number of anilines is 1. The average molecular weight is 478 g/mol. The lowest BCUT2D eigenvalue weighted by Gasteiger charge is -2.06. The predicted octanol–water partition coefficient (Wildman–Crippen LogP) is 6.23. The van der Waals surface area contributed by atoms with Gasteiger partial charge in [-0.1, -0.05) is 47.2 Å². The molecule has 0 unspecified atom stereocenters. The van der Waals surface area contributed by atoms with Crippen LogP contribution >= 0.6 is 34.7 Å². The van der Waals surface area contributed by atoms with Crippen LogP contribution in [0.3, 0.4) is 0 Å². The van der Waals surface area contributed by atoms with Crippen LogP contribution in [0.25, 0.3) is 16.3 Å². The summed E-state index contributed by atoms with van der Waals surface area (Å²) in [5, 5.41) is 16.8. The molecule has 1 aromatic heterocycles. The molecule has 3 aromatic carbocycles. The highest BCUT2D eigenvalue weighted by molar-refractivity contribution is 8.00. The van der Waals surface area contributed by atoms with Gasteiger partial charge in [0.2, 0.25) is 5.13 Å². The normalized spacial score (nSPS) is 15.0. The van der Waals surface area contributed by atoms with Gasteiger partial charge in [-0.2, -0.15) is 10.1 Å². The maximum atomic E-state index is 13.4. The molecule has 8 heteroatoms. The Hall–Kier alpha value is -3.13. The van der Waals surface area contributed by atoms with Gasteiger partial charge in [-0.3, -0.25) is 4.79 Å². The number of fused-ring (bicyclic) bond motifs is 1. The van der Waals surface area contributed by atoms with Crippen LogP contribution in [-0.2, 0) is 4.79 Å². The van der Waals surface area contributed by atoms with Crippen LogP contribution in [-0.4, -0.2) is 27.5 Å². The van der Waals surface area contributed by atoms with Gasteiger partial charge in [-0.15, -0.1) is 11.8 Å². The van der Waals surface area contributed by atoms with Crippen molar-refractivity contribution in [2.75, 3.05) is 10.8 Å². The number of hydrogen-bond donors (Lipinski definition) is 1. The Labute approximate surface area is 197 Å². The van der Waals surface area contributed by atoms with Crippen molar-refractivity contribution in [3.63, 3.8) is 0 Å². The first-order valence-corrected chi connectivity index (χ1v) is 11.9. The molecule has 0 spiro atoms. The quantitative estimate of drug-likeness (QED) is 0.273. The number of aromatic nitrogens is 1. The summed E-state index contributed by atoms with van der Waals surface area (Å²) in [6.45, 7) is 0. The lowest BCUT2D eigenvalue weighted by Crippen LogP contribution is -2.21. The Morgan fingerprint density at radius 2 is 1.78 bits per heavy atom. The molecule has 32 heavy (non-hydrogen) atoms. The summed E-state index contributed by atoms with van der Waals surface area (Å²) in [5.41, 5.74) is 2.82. The van der Waals surface area contributed by atoms with Crippen LogP contribution in [0.15, 0.2) is 88.4 Å². The highest BCUT2D eigenvalue weighted by Crippen LogP contribution is 2.34. The largest absolute Gasteiger partial charge is 0.508 e. The first-order chi connectivity index (χ1) is 15.6. The molecular weight excluding hydrogens is 462 g/mol. The fraction of sp³-hybridized carbons (Fsp3) is 0.0417. The highest BCUT2D eigenvalue weighted by Gasteiger charge is 2.33. The Morgan fingerprint density at radius 3 is 2.53 bits per heavy atom. The number of thiazole rings is 1. The van der Waals surface area contributed by atoms with Crippen molar-refractivity contribution >= 4 is 67.7 Å². The van der Waals surface area contributed by atoms with Gasteiger partial charge in [-0.25, -0.2) is 4.98 Å². The number of halogens is 1. The van der Waals surface area contributed by atoms with Crippen molar-refractivity contribution in [2.24, 2.45) is 5.10 Å². The maximum absolute atomic E-state index is 13.4. The molecular formula is C24H16ClN3O2S2. The molecule has 1 N–H and O–H groups in total. The number of para-hydroxylation sites is 1. The second kappa shape index (κ2) is 8.78. The number of phenols is 1. The van der Waals surface area contributed by atoms with E-state index in [1.165, 1.54) is 16.3 Å². The van der Waals surface area contributed by atoms with Crippen molar-refractivity contribution in [1.29, 1.82) is 0 Å². The second-order valence-corrected chi connectivity index (χ2v) is 9.51. The first-order valence-electron chi connectivity index (χ1n) is 9.74. The molecule has 0 aliphatic carbocycles. The lowest BCUT2D eigenvalue weighted by molar-refractivity contribution is -0.114. The number of amides is 1. The van der Waals surface area contributed by atoms with Crippen LogP contribution in [0.2, 0.25) is 5.02 Å². The number of thioether (sulfide) groups is 1. The zero-order valence-corrected chi connectivity index (χ0v) is 19.0.